The Labute approximate surface area is 80.2 Å². The fourth-order valence-electron chi connectivity index (χ4n) is 1.20. The maximum atomic E-state index is 11.3. The van der Waals surface area contributed by atoms with E-state index in [1.807, 2.05) is 0 Å². The summed E-state index contributed by atoms with van der Waals surface area (Å²) in [7, 11) is 0. The van der Waals surface area contributed by atoms with Crippen LogP contribution in [0, 0.1) is 6.92 Å². The molecule has 0 unspecified atom stereocenters. The van der Waals surface area contributed by atoms with E-state index in [0.29, 0.717) is 5.69 Å². The molecule has 0 aliphatic heterocycles. The number of carbonyl (C=O) groups excluding carboxylic acids is 1. The normalized spacial score (nSPS) is 10.1. The van der Waals surface area contributed by atoms with Crippen molar-refractivity contribution in [3.63, 3.8) is 0 Å². The molecule has 0 aromatic carbocycles. The highest BCUT2D eigenvalue weighted by Gasteiger charge is 2.02. The summed E-state index contributed by atoms with van der Waals surface area (Å²) in [6.07, 6.45) is -0.217. The zero-order valence-corrected chi connectivity index (χ0v) is 7.69. The fraction of sp³-hybridized carbons (Fsp3) is 0.333. The Morgan fingerprint density at radius 1 is 1.57 bits per heavy atom. The van der Waals surface area contributed by atoms with E-state index in [0.717, 1.165) is 6.07 Å². The van der Waals surface area contributed by atoms with Crippen LogP contribution < -0.4 is 10.7 Å². The molecule has 0 saturated heterocycles. The number of hydrogen-bond donors (Lipinski definition) is 1. The van der Waals surface area contributed by atoms with Crippen LogP contribution in [0.2, 0.25) is 0 Å². The van der Waals surface area contributed by atoms with E-state index in [-0.39, 0.29) is 18.7 Å². The SMILES string of the molecule is Cc1cc(O)cc(=O)n1CCC(=O)[O-]. The molecule has 1 aromatic rings. The Hall–Kier alpha value is -1.78. The average Bonchev–Trinajstić information content (AvgIpc) is 2.01. The van der Waals surface area contributed by atoms with E-state index in [2.05, 4.69) is 0 Å². The molecule has 1 N–H and O–H groups in total. The molecule has 1 heterocycles. The van der Waals surface area contributed by atoms with E-state index in [4.69, 9.17) is 5.11 Å². The maximum Gasteiger partial charge on any atom is 0.254 e. The molecule has 0 amide bonds. The molecule has 5 heteroatoms. The van der Waals surface area contributed by atoms with Crippen LogP contribution in [0.15, 0.2) is 16.9 Å². The number of aliphatic carboxylic acids is 1. The number of carboxylic acids is 1. The van der Waals surface area contributed by atoms with Gasteiger partial charge in [0.2, 0.25) is 0 Å². The zero-order chi connectivity index (χ0) is 10.7. The second-order valence-corrected chi connectivity index (χ2v) is 2.97. The van der Waals surface area contributed by atoms with Gasteiger partial charge >= 0.3 is 0 Å². The second kappa shape index (κ2) is 3.95. The molecule has 76 valence electrons. The van der Waals surface area contributed by atoms with E-state index in [1.54, 1.807) is 6.92 Å². The quantitative estimate of drug-likeness (QED) is 0.672. The highest BCUT2D eigenvalue weighted by Crippen LogP contribution is 2.06. The first-order valence-electron chi connectivity index (χ1n) is 4.11. The van der Waals surface area contributed by atoms with Crippen LogP contribution in [0.4, 0.5) is 0 Å². The molecule has 0 radical (unpaired) electrons. The molecule has 0 saturated carbocycles. The summed E-state index contributed by atoms with van der Waals surface area (Å²) in [6.45, 7) is 1.68. The van der Waals surface area contributed by atoms with Gasteiger partial charge in [-0.1, -0.05) is 0 Å². The van der Waals surface area contributed by atoms with Gasteiger partial charge in [0, 0.05) is 30.7 Å². The molecule has 0 fully saturated rings. The van der Waals surface area contributed by atoms with Crippen molar-refractivity contribution >= 4 is 5.97 Å². The third-order valence-corrected chi connectivity index (χ3v) is 1.86. The van der Waals surface area contributed by atoms with Crippen molar-refractivity contribution in [2.75, 3.05) is 0 Å². The van der Waals surface area contributed by atoms with Gasteiger partial charge in [-0.25, -0.2) is 0 Å². The summed E-state index contributed by atoms with van der Waals surface area (Å²) in [5.74, 6) is -1.32. The molecule has 0 bridgehead atoms. The molecule has 0 spiro atoms. The Bertz CT molecular complexity index is 408. The number of pyridine rings is 1. The first kappa shape index (κ1) is 10.3. The number of aromatic nitrogens is 1. The Morgan fingerprint density at radius 2 is 2.21 bits per heavy atom. The van der Waals surface area contributed by atoms with Crippen LogP contribution in [0.1, 0.15) is 12.1 Å². The number of nitrogens with zero attached hydrogens (tertiary/aromatic N) is 1. The van der Waals surface area contributed by atoms with Gasteiger partial charge in [0.15, 0.2) is 0 Å². The van der Waals surface area contributed by atoms with Crippen molar-refractivity contribution in [3.05, 3.63) is 28.2 Å². The van der Waals surface area contributed by atoms with E-state index < -0.39 is 11.5 Å². The minimum Gasteiger partial charge on any atom is -0.550 e. The molecule has 0 aliphatic carbocycles. The number of hydrogen-bond acceptors (Lipinski definition) is 4. The lowest BCUT2D eigenvalue weighted by molar-refractivity contribution is -0.305. The molecule has 1 aromatic heterocycles. The lowest BCUT2D eigenvalue weighted by Gasteiger charge is -2.09. The minimum absolute atomic E-state index is 0.0628. The summed E-state index contributed by atoms with van der Waals surface area (Å²) in [6, 6.07) is 2.44. The highest BCUT2D eigenvalue weighted by molar-refractivity contribution is 5.64. The molecule has 1 rings (SSSR count). The van der Waals surface area contributed by atoms with Gasteiger partial charge in [0.05, 0.1) is 0 Å². The lowest BCUT2D eigenvalue weighted by Crippen LogP contribution is -2.28. The van der Waals surface area contributed by atoms with Gasteiger partial charge in [0.25, 0.3) is 5.56 Å². The number of carboxylic acid groups (broad SMARTS) is 1. The molecular formula is C9H10NO4-. The summed E-state index contributed by atoms with van der Waals surface area (Å²) in [5, 5.41) is 19.2. The average molecular weight is 196 g/mol. The Balaban J connectivity index is 2.97. The number of aromatic hydroxyl groups is 1. The fourth-order valence-corrected chi connectivity index (χ4v) is 1.20. The minimum atomic E-state index is -1.20. The molecular weight excluding hydrogens is 186 g/mol. The topological polar surface area (TPSA) is 82.4 Å². The van der Waals surface area contributed by atoms with E-state index in [1.165, 1.54) is 10.6 Å². The van der Waals surface area contributed by atoms with Gasteiger partial charge in [-0.15, -0.1) is 0 Å². The summed E-state index contributed by atoms with van der Waals surface area (Å²) in [4.78, 5) is 21.4. The van der Waals surface area contributed by atoms with Crippen LogP contribution in [-0.2, 0) is 11.3 Å². The lowest BCUT2D eigenvalue weighted by atomic mass is 10.3. The van der Waals surface area contributed by atoms with Crippen molar-refractivity contribution in [2.45, 2.75) is 19.9 Å². The summed E-state index contributed by atoms with van der Waals surface area (Å²) < 4.78 is 1.27. The van der Waals surface area contributed by atoms with Crippen molar-refractivity contribution in [3.8, 4) is 5.75 Å². The number of rotatable bonds is 3. The Morgan fingerprint density at radius 3 is 2.71 bits per heavy atom. The molecule has 0 atom stereocenters. The molecule has 5 nitrogen and oxygen atoms in total. The van der Waals surface area contributed by atoms with Crippen molar-refractivity contribution in [1.29, 1.82) is 0 Å². The summed E-state index contributed by atoms with van der Waals surface area (Å²) in [5.41, 5.74) is 0.111. The van der Waals surface area contributed by atoms with Crippen LogP contribution in [0.25, 0.3) is 0 Å². The predicted molar refractivity (Wildman–Crippen MR) is 46.7 cm³/mol. The third kappa shape index (κ3) is 2.35. The zero-order valence-electron chi connectivity index (χ0n) is 7.69. The van der Waals surface area contributed by atoms with Crippen molar-refractivity contribution in [2.24, 2.45) is 0 Å². The standard InChI is InChI=1S/C9H11NO4/c1-6-4-7(11)5-8(12)10(6)3-2-9(13)14/h4-5,11H,2-3H2,1H3,(H,13,14)/p-1. The van der Waals surface area contributed by atoms with Crippen LogP contribution >= 0.6 is 0 Å². The Kier molecular flexibility index (Phi) is 2.91. The third-order valence-electron chi connectivity index (χ3n) is 1.86. The van der Waals surface area contributed by atoms with Crippen LogP contribution in [0.5, 0.6) is 5.75 Å². The molecule has 14 heavy (non-hydrogen) atoms. The smallest absolute Gasteiger partial charge is 0.254 e. The predicted octanol–water partition coefficient (Wildman–Crippen LogP) is -0.998. The number of aryl methyl sites for hydroxylation is 1. The monoisotopic (exact) mass is 196 g/mol. The van der Waals surface area contributed by atoms with E-state index in [9.17, 15) is 14.7 Å². The van der Waals surface area contributed by atoms with Gasteiger partial charge in [-0.3, -0.25) is 4.79 Å². The second-order valence-electron chi connectivity index (χ2n) is 2.97. The largest absolute Gasteiger partial charge is 0.550 e. The van der Waals surface area contributed by atoms with Crippen LogP contribution in [0.3, 0.4) is 0 Å². The summed E-state index contributed by atoms with van der Waals surface area (Å²) >= 11 is 0. The maximum absolute atomic E-state index is 11.3. The van der Waals surface area contributed by atoms with Gasteiger partial charge < -0.3 is 19.6 Å². The first-order valence-corrected chi connectivity index (χ1v) is 4.11. The van der Waals surface area contributed by atoms with Crippen molar-refractivity contribution < 1.29 is 15.0 Å². The number of carbonyl (C=O) groups is 1. The van der Waals surface area contributed by atoms with Gasteiger partial charge in [-0.2, -0.15) is 0 Å². The van der Waals surface area contributed by atoms with Gasteiger partial charge in [-0.05, 0) is 13.0 Å². The molecule has 0 aliphatic rings. The van der Waals surface area contributed by atoms with Crippen molar-refractivity contribution in [1.82, 2.24) is 4.57 Å². The first-order chi connectivity index (χ1) is 6.50. The highest BCUT2D eigenvalue weighted by atomic mass is 16.4. The van der Waals surface area contributed by atoms with Crippen LogP contribution in [-0.4, -0.2) is 15.6 Å². The van der Waals surface area contributed by atoms with Gasteiger partial charge in [0.1, 0.15) is 5.75 Å². The van der Waals surface area contributed by atoms with E-state index >= 15 is 0 Å².